The first-order valence-electron chi connectivity index (χ1n) is 9.72. The highest BCUT2D eigenvalue weighted by Crippen LogP contribution is 2.25. The average Bonchev–Trinajstić information content (AvgIpc) is 3.14. The molecule has 0 bridgehead atoms. The minimum absolute atomic E-state index is 0.307. The smallest absolute Gasteiger partial charge is 0.341 e. The summed E-state index contributed by atoms with van der Waals surface area (Å²) in [4.78, 5) is 16.8. The van der Waals surface area contributed by atoms with Crippen molar-refractivity contribution in [2.45, 2.75) is 26.8 Å². The van der Waals surface area contributed by atoms with E-state index in [-0.39, 0.29) is 5.97 Å². The quantitative estimate of drug-likeness (QED) is 0.400. The molecule has 0 fully saturated rings. The summed E-state index contributed by atoms with van der Waals surface area (Å²) in [5.41, 5.74) is 2.78. The first-order chi connectivity index (χ1) is 14.2. The van der Waals surface area contributed by atoms with Crippen LogP contribution in [0.3, 0.4) is 0 Å². The summed E-state index contributed by atoms with van der Waals surface area (Å²) in [5, 5.41) is 9.36. The molecule has 0 unspecified atom stereocenters. The highest BCUT2D eigenvalue weighted by Gasteiger charge is 2.20. The minimum Gasteiger partial charge on any atom is -0.462 e. The maximum atomic E-state index is 12.4. The summed E-state index contributed by atoms with van der Waals surface area (Å²) >= 11 is 6.11. The van der Waals surface area contributed by atoms with Crippen molar-refractivity contribution in [3.8, 4) is 5.69 Å². The largest absolute Gasteiger partial charge is 0.462 e. The number of pyridine rings is 1. The number of esters is 1. The van der Waals surface area contributed by atoms with Crippen LogP contribution >= 0.6 is 11.6 Å². The van der Waals surface area contributed by atoms with Crippen LogP contribution in [0.1, 0.15) is 36.3 Å². The van der Waals surface area contributed by atoms with Gasteiger partial charge in [-0.2, -0.15) is 5.10 Å². The Morgan fingerprint density at radius 3 is 2.90 bits per heavy atom. The lowest BCUT2D eigenvalue weighted by Gasteiger charge is -2.13. The highest BCUT2D eigenvalue weighted by atomic mass is 35.5. The van der Waals surface area contributed by atoms with Crippen molar-refractivity contribution in [1.29, 1.82) is 0 Å². The number of hydrogen-bond donors (Lipinski definition) is 1. The third-order valence-electron chi connectivity index (χ3n) is 4.41. The Hall–Kier alpha value is -2.48. The Balaban J connectivity index is 1.93. The lowest BCUT2D eigenvalue weighted by molar-refractivity contribution is 0.0525. The SMILES string of the molecule is CCOCCCNCc1c(C(=O)OCC)cnn1-c1ccnc2cc(Cl)ccc12. The zero-order chi connectivity index (χ0) is 20.6. The fourth-order valence-corrected chi connectivity index (χ4v) is 3.24. The number of nitrogens with one attached hydrogen (secondary N) is 1. The van der Waals surface area contributed by atoms with E-state index >= 15 is 0 Å². The number of rotatable bonds is 10. The zero-order valence-electron chi connectivity index (χ0n) is 16.7. The van der Waals surface area contributed by atoms with Gasteiger partial charge in [0.2, 0.25) is 0 Å². The van der Waals surface area contributed by atoms with Crippen LogP contribution in [0, 0.1) is 0 Å². The molecule has 29 heavy (non-hydrogen) atoms. The normalized spacial score (nSPS) is 11.1. The van der Waals surface area contributed by atoms with Crippen molar-refractivity contribution in [3.05, 3.63) is 52.9 Å². The maximum Gasteiger partial charge on any atom is 0.341 e. The molecule has 2 aromatic heterocycles. The molecule has 0 amide bonds. The third kappa shape index (κ3) is 5.12. The lowest BCUT2D eigenvalue weighted by atomic mass is 10.1. The first kappa shape index (κ1) is 21.2. The van der Waals surface area contributed by atoms with E-state index in [0.717, 1.165) is 35.2 Å². The van der Waals surface area contributed by atoms with Crippen LogP contribution in [0.5, 0.6) is 0 Å². The van der Waals surface area contributed by atoms with Crippen molar-refractivity contribution < 1.29 is 14.3 Å². The maximum absolute atomic E-state index is 12.4. The predicted octanol–water partition coefficient (Wildman–Crippen LogP) is 3.77. The average molecular weight is 417 g/mol. The van der Waals surface area contributed by atoms with Crippen LogP contribution in [0.4, 0.5) is 0 Å². The Morgan fingerprint density at radius 2 is 2.10 bits per heavy atom. The van der Waals surface area contributed by atoms with Gasteiger partial charge in [0.05, 0.1) is 29.7 Å². The van der Waals surface area contributed by atoms with Crippen molar-refractivity contribution in [2.75, 3.05) is 26.4 Å². The molecule has 0 aliphatic carbocycles. The van der Waals surface area contributed by atoms with E-state index in [1.54, 1.807) is 24.0 Å². The second-order valence-electron chi connectivity index (χ2n) is 6.36. The number of fused-ring (bicyclic) bond motifs is 1. The van der Waals surface area contributed by atoms with E-state index in [9.17, 15) is 4.79 Å². The Bertz CT molecular complexity index is 974. The molecule has 3 rings (SSSR count). The minimum atomic E-state index is -0.383. The standard InChI is InChI=1S/C21H25ClN4O3/c1-3-28-11-5-9-23-14-20-17(21(27)29-4-2)13-25-26(20)19-8-10-24-18-12-15(22)6-7-16(18)19/h6-8,10,12-13,23H,3-5,9,11,14H2,1-2H3. The number of ether oxygens (including phenoxy) is 2. The van der Waals surface area contributed by atoms with Gasteiger partial charge in [-0.3, -0.25) is 4.98 Å². The van der Waals surface area contributed by atoms with Crippen molar-refractivity contribution >= 4 is 28.5 Å². The molecular weight excluding hydrogens is 392 g/mol. The lowest BCUT2D eigenvalue weighted by Crippen LogP contribution is -2.21. The second kappa shape index (κ2) is 10.3. The van der Waals surface area contributed by atoms with E-state index in [1.165, 1.54) is 0 Å². The number of carbonyl (C=O) groups is 1. The molecule has 0 aliphatic rings. The highest BCUT2D eigenvalue weighted by molar-refractivity contribution is 6.31. The molecule has 0 aliphatic heterocycles. The number of carbonyl (C=O) groups excluding carboxylic acids is 1. The van der Waals surface area contributed by atoms with Gasteiger partial charge in [0, 0.05) is 36.4 Å². The fraction of sp³-hybridized carbons (Fsp3) is 0.381. The van der Waals surface area contributed by atoms with Gasteiger partial charge < -0.3 is 14.8 Å². The van der Waals surface area contributed by atoms with Crippen LogP contribution < -0.4 is 5.32 Å². The molecule has 154 valence electrons. The summed E-state index contributed by atoms with van der Waals surface area (Å²) in [6.45, 7) is 6.71. The predicted molar refractivity (Wildman–Crippen MR) is 113 cm³/mol. The summed E-state index contributed by atoms with van der Waals surface area (Å²) in [7, 11) is 0. The Kier molecular flexibility index (Phi) is 7.57. The fourth-order valence-electron chi connectivity index (χ4n) is 3.07. The molecule has 0 saturated carbocycles. The number of nitrogens with zero attached hydrogens (tertiary/aromatic N) is 3. The summed E-state index contributed by atoms with van der Waals surface area (Å²) in [5.74, 6) is -0.383. The Labute approximate surface area is 175 Å². The molecule has 1 N–H and O–H groups in total. The number of halogens is 1. The van der Waals surface area contributed by atoms with E-state index in [1.807, 2.05) is 31.2 Å². The molecule has 7 nitrogen and oxygen atoms in total. The topological polar surface area (TPSA) is 78.3 Å². The molecule has 8 heteroatoms. The van der Waals surface area contributed by atoms with Crippen LogP contribution in [-0.2, 0) is 16.0 Å². The van der Waals surface area contributed by atoms with Gasteiger partial charge in [-0.1, -0.05) is 11.6 Å². The molecule has 3 aromatic rings. The van der Waals surface area contributed by atoms with Crippen LogP contribution in [0.15, 0.2) is 36.7 Å². The van der Waals surface area contributed by atoms with Crippen molar-refractivity contribution in [3.63, 3.8) is 0 Å². The van der Waals surface area contributed by atoms with Crippen molar-refractivity contribution in [2.24, 2.45) is 0 Å². The summed E-state index contributed by atoms with van der Waals surface area (Å²) < 4.78 is 12.3. The first-order valence-corrected chi connectivity index (χ1v) is 10.1. The van der Waals surface area contributed by atoms with E-state index in [0.29, 0.717) is 37.0 Å². The van der Waals surface area contributed by atoms with Crippen LogP contribution in [0.2, 0.25) is 5.02 Å². The van der Waals surface area contributed by atoms with Gasteiger partial charge in [-0.15, -0.1) is 0 Å². The van der Waals surface area contributed by atoms with Gasteiger partial charge in [-0.05, 0) is 51.1 Å². The Morgan fingerprint density at radius 1 is 1.24 bits per heavy atom. The summed E-state index contributed by atoms with van der Waals surface area (Å²) in [6, 6.07) is 7.40. The molecule has 0 atom stereocenters. The van der Waals surface area contributed by atoms with Gasteiger partial charge in [0.1, 0.15) is 5.56 Å². The van der Waals surface area contributed by atoms with Crippen molar-refractivity contribution in [1.82, 2.24) is 20.1 Å². The molecule has 0 spiro atoms. The van der Waals surface area contributed by atoms with Crippen LogP contribution in [-0.4, -0.2) is 47.1 Å². The molecule has 0 saturated heterocycles. The molecule has 1 aromatic carbocycles. The van der Waals surface area contributed by atoms with Gasteiger partial charge in [0.25, 0.3) is 0 Å². The van der Waals surface area contributed by atoms with E-state index in [4.69, 9.17) is 21.1 Å². The molecule has 0 radical (unpaired) electrons. The number of aromatic nitrogens is 3. The van der Waals surface area contributed by atoms with E-state index < -0.39 is 0 Å². The number of benzene rings is 1. The molecular formula is C21H25ClN4O3. The summed E-state index contributed by atoms with van der Waals surface area (Å²) in [6.07, 6.45) is 4.14. The van der Waals surface area contributed by atoms with Gasteiger partial charge in [-0.25, -0.2) is 9.48 Å². The third-order valence-corrected chi connectivity index (χ3v) is 4.65. The second-order valence-corrected chi connectivity index (χ2v) is 6.79. The van der Waals surface area contributed by atoms with Gasteiger partial charge in [0.15, 0.2) is 0 Å². The van der Waals surface area contributed by atoms with Crippen LogP contribution in [0.25, 0.3) is 16.6 Å². The number of hydrogen-bond acceptors (Lipinski definition) is 6. The zero-order valence-corrected chi connectivity index (χ0v) is 17.4. The van der Waals surface area contributed by atoms with Gasteiger partial charge >= 0.3 is 5.97 Å². The van der Waals surface area contributed by atoms with E-state index in [2.05, 4.69) is 15.4 Å². The molecule has 2 heterocycles. The monoisotopic (exact) mass is 416 g/mol.